The minimum atomic E-state index is 0.330. The lowest BCUT2D eigenvalue weighted by atomic mass is 10.1. The maximum atomic E-state index is 9.65. The van der Waals surface area contributed by atoms with Crippen molar-refractivity contribution in [2.45, 2.75) is 12.5 Å². The van der Waals surface area contributed by atoms with Crippen LogP contribution in [0.3, 0.4) is 0 Å². The van der Waals surface area contributed by atoms with Crippen LogP contribution in [0.25, 0.3) is 10.9 Å². The summed E-state index contributed by atoms with van der Waals surface area (Å²) in [5.74, 6) is 0.330. The molecular formula is C11H11NO2. The van der Waals surface area contributed by atoms with Crippen LogP contribution in [0.5, 0.6) is 5.75 Å². The summed E-state index contributed by atoms with van der Waals surface area (Å²) in [7, 11) is 0. The smallest absolute Gasteiger partial charge is 0.141 e. The quantitative estimate of drug-likeness (QED) is 0.708. The summed E-state index contributed by atoms with van der Waals surface area (Å²) in [6.07, 6.45) is 2.87. The first-order chi connectivity index (χ1) is 6.84. The van der Waals surface area contributed by atoms with Crippen LogP contribution < -0.4 is 0 Å². The molecule has 2 N–H and O–H groups in total. The number of hydrogen-bond donors (Lipinski definition) is 2. The predicted molar refractivity (Wildman–Crippen MR) is 53.4 cm³/mol. The molecule has 2 aromatic rings. The summed E-state index contributed by atoms with van der Waals surface area (Å²) >= 11 is 0. The second-order valence-electron chi connectivity index (χ2n) is 3.67. The van der Waals surface area contributed by atoms with E-state index in [2.05, 4.69) is 4.98 Å². The third-order valence-electron chi connectivity index (χ3n) is 2.62. The molecule has 3 rings (SSSR count). The van der Waals surface area contributed by atoms with Gasteiger partial charge in [-0.2, -0.15) is 0 Å². The van der Waals surface area contributed by atoms with Crippen molar-refractivity contribution >= 4 is 10.9 Å². The lowest BCUT2D eigenvalue weighted by molar-refractivity contribution is 0.408. The van der Waals surface area contributed by atoms with E-state index >= 15 is 0 Å². The molecule has 0 amide bonds. The van der Waals surface area contributed by atoms with Crippen LogP contribution in [0.15, 0.2) is 24.4 Å². The Morgan fingerprint density at radius 1 is 1.50 bits per heavy atom. The topological polar surface area (TPSA) is 48.5 Å². The first-order valence-electron chi connectivity index (χ1n) is 4.74. The van der Waals surface area contributed by atoms with Gasteiger partial charge in [0.25, 0.3) is 0 Å². The molecule has 0 bridgehead atoms. The Hall–Kier alpha value is -1.48. The number of fused-ring (bicyclic) bond motifs is 1. The molecular weight excluding hydrogens is 178 g/mol. The van der Waals surface area contributed by atoms with Crippen molar-refractivity contribution in [3.05, 3.63) is 30.0 Å². The van der Waals surface area contributed by atoms with E-state index in [0.29, 0.717) is 11.9 Å². The molecule has 3 nitrogen and oxygen atoms in total. The van der Waals surface area contributed by atoms with Gasteiger partial charge in [0.15, 0.2) is 0 Å². The summed E-state index contributed by atoms with van der Waals surface area (Å²) in [5, 5.41) is 10.6. The van der Waals surface area contributed by atoms with Crippen molar-refractivity contribution in [3.8, 4) is 5.75 Å². The standard InChI is InChI=1S/C11H11NO2/c13-10-5-12-9-3-1-2-7(11(9)10)4-8-6-14-8/h1-3,5,8,12-13H,4,6H2. The van der Waals surface area contributed by atoms with Crippen molar-refractivity contribution in [2.24, 2.45) is 0 Å². The lowest BCUT2D eigenvalue weighted by Crippen LogP contribution is -1.93. The van der Waals surface area contributed by atoms with E-state index < -0.39 is 0 Å². The van der Waals surface area contributed by atoms with Gasteiger partial charge in [-0.1, -0.05) is 12.1 Å². The van der Waals surface area contributed by atoms with E-state index in [1.165, 1.54) is 0 Å². The van der Waals surface area contributed by atoms with Crippen LogP contribution in [0.4, 0.5) is 0 Å². The first kappa shape index (κ1) is 7.88. The molecule has 1 aliphatic rings. The number of epoxide rings is 1. The van der Waals surface area contributed by atoms with Crippen molar-refractivity contribution in [3.63, 3.8) is 0 Å². The molecule has 72 valence electrons. The van der Waals surface area contributed by atoms with E-state index in [-0.39, 0.29) is 0 Å². The highest BCUT2D eigenvalue weighted by Gasteiger charge is 2.24. The number of H-pyrrole nitrogens is 1. The van der Waals surface area contributed by atoms with Gasteiger partial charge >= 0.3 is 0 Å². The Bertz CT molecular complexity index is 471. The number of aromatic nitrogens is 1. The van der Waals surface area contributed by atoms with Gasteiger partial charge in [0.2, 0.25) is 0 Å². The first-order valence-corrected chi connectivity index (χ1v) is 4.74. The van der Waals surface area contributed by atoms with E-state index in [1.807, 2.05) is 18.2 Å². The van der Waals surface area contributed by atoms with E-state index in [0.717, 1.165) is 29.5 Å². The summed E-state index contributed by atoms with van der Waals surface area (Å²) in [6, 6.07) is 6.00. The number of benzene rings is 1. The predicted octanol–water partition coefficient (Wildman–Crippen LogP) is 1.81. The van der Waals surface area contributed by atoms with Crippen LogP contribution in [-0.2, 0) is 11.2 Å². The minimum Gasteiger partial charge on any atom is -0.506 e. The molecule has 1 aromatic carbocycles. The monoisotopic (exact) mass is 189 g/mol. The third-order valence-corrected chi connectivity index (χ3v) is 2.62. The Kier molecular flexibility index (Phi) is 1.55. The maximum absolute atomic E-state index is 9.65. The minimum absolute atomic E-state index is 0.330. The summed E-state index contributed by atoms with van der Waals surface area (Å²) in [5.41, 5.74) is 2.14. The molecule has 1 fully saturated rings. The number of hydrogen-bond acceptors (Lipinski definition) is 2. The van der Waals surface area contributed by atoms with E-state index in [1.54, 1.807) is 6.20 Å². The molecule has 0 saturated carbocycles. The van der Waals surface area contributed by atoms with Gasteiger partial charge in [0.05, 0.1) is 12.7 Å². The van der Waals surface area contributed by atoms with Crippen molar-refractivity contribution < 1.29 is 9.84 Å². The van der Waals surface area contributed by atoms with Gasteiger partial charge in [-0.3, -0.25) is 0 Å². The van der Waals surface area contributed by atoms with Crippen molar-refractivity contribution in [2.75, 3.05) is 6.61 Å². The summed E-state index contributed by atoms with van der Waals surface area (Å²) in [6.45, 7) is 0.849. The fraction of sp³-hybridized carbons (Fsp3) is 0.273. The highest BCUT2D eigenvalue weighted by Crippen LogP contribution is 2.30. The van der Waals surface area contributed by atoms with E-state index in [4.69, 9.17) is 4.74 Å². The molecule has 0 spiro atoms. The second kappa shape index (κ2) is 2.75. The lowest BCUT2D eigenvalue weighted by Gasteiger charge is -2.00. The van der Waals surface area contributed by atoms with Crippen LogP contribution in [-0.4, -0.2) is 22.8 Å². The summed E-state index contributed by atoms with van der Waals surface area (Å²) in [4.78, 5) is 3.03. The molecule has 0 aliphatic carbocycles. The number of aromatic hydroxyl groups is 1. The summed E-state index contributed by atoms with van der Waals surface area (Å²) < 4.78 is 5.19. The largest absolute Gasteiger partial charge is 0.506 e. The zero-order valence-electron chi connectivity index (χ0n) is 7.66. The average molecular weight is 189 g/mol. The molecule has 1 saturated heterocycles. The number of ether oxygens (including phenoxy) is 1. The van der Waals surface area contributed by atoms with Gasteiger partial charge in [0, 0.05) is 23.5 Å². The number of aromatic amines is 1. The number of rotatable bonds is 2. The Morgan fingerprint density at radius 3 is 3.14 bits per heavy atom. The molecule has 1 aromatic heterocycles. The number of nitrogens with one attached hydrogen (secondary N) is 1. The van der Waals surface area contributed by atoms with Crippen LogP contribution >= 0.6 is 0 Å². The van der Waals surface area contributed by atoms with Gasteiger partial charge in [-0.25, -0.2) is 0 Å². The van der Waals surface area contributed by atoms with Gasteiger partial charge in [-0.05, 0) is 11.6 Å². The molecule has 0 radical (unpaired) electrons. The highest BCUT2D eigenvalue weighted by molar-refractivity contribution is 5.89. The molecule has 1 aliphatic heterocycles. The van der Waals surface area contributed by atoms with Crippen molar-refractivity contribution in [1.82, 2.24) is 4.98 Å². The Balaban J connectivity index is 2.14. The van der Waals surface area contributed by atoms with Gasteiger partial charge < -0.3 is 14.8 Å². The molecule has 1 unspecified atom stereocenters. The SMILES string of the molecule is Oc1c[nH]c2cccc(CC3CO3)c12. The van der Waals surface area contributed by atoms with Crippen molar-refractivity contribution in [1.29, 1.82) is 0 Å². The van der Waals surface area contributed by atoms with Gasteiger partial charge in [-0.15, -0.1) is 0 Å². The fourth-order valence-corrected chi connectivity index (χ4v) is 1.84. The Labute approximate surface area is 81.3 Å². The van der Waals surface area contributed by atoms with E-state index in [9.17, 15) is 5.11 Å². The van der Waals surface area contributed by atoms with Crippen LogP contribution in [0.1, 0.15) is 5.56 Å². The maximum Gasteiger partial charge on any atom is 0.141 e. The Morgan fingerprint density at radius 2 is 2.36 bits per heavy atom. The zero-order valence-corrected chi connectivity index (χ0v) is 7.66. The molecule has 3 heteroatoms. The zero-order chi connectivity index (χ0) is 9.54. The fourth-order valence-electron chi connectivity index (χ4n) is 1.84. The molecule has 2 heterocycles. The van der Waals surface area contributed by atoms with Crippen LogP contribution in [0.2, 0.25) is 0 Å². The average Bonchev–Trinajstić information content (AvgIpc) is 2.91. The molecule has 1 atom stereocenters. The molecule has 14 heavy (non-hydrogen) atoms. The highest BCUT2D eigenvalue weighted by atomic mass is 16.6. The second-order valence-corrected chi connectivity index (χ2v) is 3.67. The van der Waals surface area contributed by atoms with Gasteiger partial charge in [0.1, 0.15) is 5.75 Å². The third kappa shape index (κ3) is 1.17. The van der Waals surface area contributed by atoms with Crippen LogP contribution in [0, 0.1) is 0 Å². The normalized spacial score (nSPS) is 20.1.